The average molecular weight is 197 g/mol. The second-order valence-electron chi connectivity index (χ2n) is 3.54. The van der Waals surface area contributed by atoms with E-state index in [4.69, 9.17) is 0 Å². The van der Waals surface area contributed by atoms with Crippen LogP contribution in [0.5, 0.6) is 0 Å². The summed E-state index contributed by atoms with van der Waals surface area (Å²) in [4.78, 5) is 7.80. The quantitative estimate of drug-likeness (QED) is 0.676. The van der Waals surface area contributed by atoms with Gasteiger partial charge in [0.15, 0.2) is 0 Å². The summed E-state index contributed by atoms with van der Waals surface area (Å²) in [5.41, 5.74) is 0. The van der Waals surface area contributed by atoms with Crippen molar-refractivity contribution in [1.29, 1.82) is 0 Å². The highest BCUT2D eigenvalue weighted by molar-refractivity contribution is 5.36. The molecule has 0 spiro atoms. The first kappa shape index (κ1) is 10.9. The van der Waals surface area contributed by atoms with Crippen LogP contribution in [0.15, 0.2) is 18.2 Å². The van der Waals surface area contributed by atoms with E-state index in [9.17, 15) is 4.39 Å². The lowest BCUT2D eigenvalue weighted by molar-refractivity contribution is 0.416. The summed E-state index contributed by atoms with van der Waals surface area (Å²) in [7, 11) is 5.92. The monoisotopic (exact) mass is 197 g/mol. The summed E-state index contributed by atoms with van der Waals surface area (Å²) < 4.78 is 12.8. The molecule has 0 bridgehead atoms. The van der Waals surface area contributed by atoms with Crippen LogP contribution < -0.4 is 4.90 Å². The molecule has 0 aromatic carbocycles. The van der Waals surface area contributed by atoms with Crippen molar-refractivity contribution in [3.8, 4) is 0 Å². The Hall–Kier alpha value is -1.16. The predicted octanol–water partition coefficient (Wildman–Crippen LogP) is 1.22. The first-order valence-electron chi connectivity index (χ1n) is 4.58. The zero-order valence-corrected chi connectivity index (χ0v) is 8.87. The van der Waals surface area contributed by atoms with Crippen LogP contribution in [0.2, 0.25) is 0 Å². The highest BCUT2D eigenvalue weighted by atomic mass is 19.1. The van der Waals surface area contributed by atoms with Crippen molar-refractivity contribution in [1.82, 2.24) is 9.88 Å². The Kier molecular flexibility index (Phi) is 3.83. The molecule has 78 valence electrons. The number of hydrogen-bond acceptors (Lipinski definition) is 3. The molecule has 4 heteroatoms. The van der Waals surface area contributed by atoms with Gasteiger partial charge in [-0.25, -0.2) is 4.98 Å². The molecule has 1 aromatic heterocycles. The van der Waals surface area contributed by atoms with E-state index >= 15 is 0 Å². The number of rotatable bonds is 4. The maximum absolute atomic E-state index is 12.8. The molecule has 1 heterocycles. The maximum Gasteiger partial charge on any atom is 0.214 e. The third-order valence-electron chi connectivity index (χ3n) is 1.97. The molecule has 0 atom stereocenters. The van der Waals surface area contributed by atoms with E-state index < -0.39 is 5.95 Å². The Bertz CT molecular complexity index is 288. The lowest BCUT2D eigenvalue weighted by Crippen LogP contribution is -2.29. The SMILES string of the molecule is CN(C)CCN(C)c1cccc(F)n1. The lowest BCUT2D eigenvalue weighted by atomic mass is 10.4. The molecule has 0 aliphatic carbocycles. The van der Waals surface area contributed by atoms with Gasteiger partial charge in [0.25, 0.3) is 0 Å². The molecule has 0 saturated heterocycles. The van der Waals surface area contributed by atoms with Gasteiger partial charge < -0.3 is 9.80 Å². The average Bonchev–Trinajstić information content (AvgIpc) is 2.14. The van der Waals surface area contributed by atoms with Gasteiger partial charge >= 0.3 is 0 Å². The molecule has 3 nitrogen and oxygen atoms in total. The van der Waals surface area contributed by atoms with E-state index in [0.717, 1.165) is 13.1 Å². The van der Waals surface area contributed by atoms with Crippen LogP contribution in [0.1, 0.15) is 0 Å². The van der Waals surface area contributed by atoms with Crippen LogP contribution in [-0.2, 0) is 0 Å². The number of pyridine rings is 1. The lowest BCUT2D eigenvalue weighted by Gasteiger charge is -2.20. The summed E-state index contributed by atoms with van der Waals surface area (Å²) in [5, 5.41) is 0. The van der Waals surface area contributed by atoms with Crippen molar-refractivity contribution in [2.75, 3.05) is 39.1 Å². The van der Waals surface area contributed by atoms with E-state index in [1.807, 2.05) is 26.0 Å². The van der Waals surface area contributed by atoms with Crippen LogP contribution in [-0.4, -0.2) is 44.1 Å². The molecular formula is C10H16FN3. The van der Waals surface area contributed by atoms with Crippen LogP contribution in [0.25, 0.3) is 0 Å². The molecule has 1 aromatic rings. The van der Waals surface area contributed by atoms with Crippen LogP contribution in [0, 0.1) is 5.95 Å². The van der Waals surface area contributed by atoms with Crippen LogP contribution >= 0.6 is 0 Å². The summed E-state index contributed by atoms with van der Waals surface area (Å²) >= 11 is 0. The molecule has 0 radical (unpaired) electrons. The molecule has 14 heavy (non-hydrogen) atoms. The smallest absolute Gasteiger partial charge is 0.214 e. The summed E-state index contributed by atoms with van der Waals surface area (Å²) in [6, 6.07) is 4.83. The van der Waals surface area contributed by atoms with Crippen LogP contribution in [0.3, 0.4) is 0 Å². The molecule has 0 amide bonds. The van der Waals surface area contributed by atoms with Gasteiger partial charge in [-0.3, -0.25) is 0 Å². The highest BCUT2D eigenvalue weighted by Crippen LogP contribution is 2.08. The van der Waals surface area contributed by atoms with Crippen LogP contribution in [0.4, 0.5) is 10.2 Å². The largest absolute Gasteiger partial charge is 0.358 e. The summed E-state index contributed by atoms with van der Waals surface area (Å²) in [6.07, 6.45) is 0. The zero-order chi connectivity index (χ0) is 10.6. The summed E-state index contributed by atoms with van der Waals surface area (Å²) in [6.45, 7) is 1.76. The number of likely N-dealkylation sites (N-methyl/N-ethyl adjacent to an activating group) is 2. The maximum atomic E-state index is 12.8. The van der Waals surface area contributed by atoms with E-state index in [0.29, 0.717) is 5.82 Å². The summed E-state index contributed by atoms with van der Waals surface area (Å²) in [5.74, 6) is 0.242. The molecule has 1 rings (SSSR count). The predicted molar refractivity (Wildman–Crippen MR) is 56.0 cm³/mol. The standard InChI is InChI=1S/C10H16FN3/c1-13(2)7-8-14(3)10-6-4-5-9(11)12-10/h4-6H,7-8H2,1-3H3. The third kappa shape index (κ3) is 3.30. The highest BCUT2D eigenvalue weighted by Gasteiger charge is 2.03. The van der Waals surface area contributed by atoms with Crippen molar-refractivity contribution < 1.29 is 4.39 Å². The Morgan fingerprint density at radius 2 is 1.93 bits per heavy atom. The van der Waals surface area contributed by atoms with Gasteiger partial charge in [-0.15, -0.1) is 0 Å². The van der Waals surface area contributed by atoms with Crippen molar-refractivity contribution in [2.45, 2.75) is 0 Å². The second-order valence-corrected chi connectivity index (χ2v) is 3.54. The van der Waals surface area contributed by atoms with E-state index in [1.54, 1.807) is 12.1 Å². The van der Waals surface area contributed by atoms with Gasteiger partial charge in [0.2, 0.25) is 5.95 Å². The fraction of sp³-hybridized carbons (Fsp3) is 0.500. The fourth-order valence-electron chi connectivity index (χ4n) is 1.07. The van der Waals surface area contributed by atoms with Crippen molar-refractivity contribution in [3.63, 3.8) is 0 Å². The third-order valence-corrected chi connectivity index (χ3v) is 1.97. The minimum Gasteiger partial charge on any atom is -0.358 e. The minimum atomic E-state index is -0.431. The Labute approximate surface area is 84.2 Å². The zero-order valence-electron chi connectivity index (χ0n) is 8.87. The van der Waals surface area contributed by atoms with Gasteiger partial charge in [0.1, 0.15) is 5.82 Å². The number of aromatic nitrogens is 1. The normalized spacial score (nSPS) is 10.6. The molecule has 0 aliphatic rings. The topological polar surface area (TPSA) is 19.4 Å². The second kappa shape index (κ2) is 4.91. The molecule has 0 fully saturated rings. The van der Waals surface area contributed by atoms with E-state index in [1.165, 1.54) is 6.07 Å². The first-order chi connectivity index (χ1) is 6.59. The molecule has 0 aliphatic heterocycles. The number of hydrogen-bond donors (Lipinski definition) is 0. The Balaban J connectivity index is 2.56. The minimum absolute atomic E-state index is 0.431. The van der Waals surface area contributed by atoms with E-state index in [2.05, 4.69) is 9.88 Å². The van der Waals surface area contributed by atoms with Gasteiger partial charge in [-0.1, -0.05) is 6.07 Å². The number of anilines is 1. The van der Waals surface area contributed by atoms with Gasteiger partial charge in [-0.2, -0.15) is 4.39 Å². The molecule has 0 unspecified atom stereocenters. The number of nitrogens with zero attached hydrogens (tertiary/aromatic N) is 3. The Morgan fingerprint density at radius 1 is 1.21 bits per heavy atom. The van der Waals surface area contributed by atoms with Crippen molar-refractivity contribution in [3.05, 3.63) is 24.1 Å². The number of halogens is 1. The Morgan fingerprint density at radius 3 is 2.50 bits per heavy atom. The van der Waals surface area contributed by atoms with Crippen molar-refractivity contribution >= 4 is 5.82 Å². The van der Waals surface area contributed by atoms with Gasteiger partial charge in [-0.05, 0) is 26.2 Å². The first-order valence-corrected chi connectivity index (χ1v) is 4.58. The molecule has 0 saturated carbocycles. The fourth-order valence-corrected chi connectivity index (χ4v) is 1.07. The van der Waals surface area contributed by atoms with Gasteiger partial charge in [0.05, 0.1) is 0 Å². The molecule has 0 N–H and O–H groups in total. The molecular weight excluding hydrogens is 181 g/mol. The van der Waals surface area contributed by atoms with E-state index in [-0.39, 0.29) is 0 Å². The van der Waals surface area contributed by atoms with Crippen molar-refractivity contribution in [2.24, 2.45) is 0 Å². The van der Waals surface area contributed by atoms with Gasteiger partial charge in [0, 0.05) is 20.1 Å².